The summed E-state index contributed by atoms with van der Waals surface area (Å²) < 4.78 is 5.11. The average molecular weight is 329 g/mol. The number of benzene rings is 2. The maximum atomic E-state index is 11.9. The molecule has 0 saturated carbocycles. The van der Waals surface area contributed by atoms with Gasteiger partial charge in [0, 0.05) is 18.1 Å². The molecular formula is C19H23NO2S. The fourth-order valence-electron chi connectivity index (χ4n) is 2.13. The number of rotatable bonds is 8. The lowest BCUT2D eigenvalue weighted by molar-refractivity contribution is -0.120. The average Bonchev–Trinajstić information content (AvgIpc) is 2.57. The fraction of sp³-hybridized carbons (Fsp3) is 0.316. The van der Waals surface area contributed by atoms with Crippen molar-refractivity contribution in [1.29, 1.82) is 0 Å². The lowest BCUT2D eigenvalue weighted by Crippen LogP contribution is -2.27. The quantitative estimate of drug-likeness (QED) is 0.752. The molecule has 0 aliphatic carbocycles. The zero-order valence-electron chi connectivity index (χ0n) is 13.7. The van der Waals surface area contributed by atoms with Crippen molar-refractivity contribution in [2.24, 2.45) is 0 Å². The van der Waals surface area contributed by atoms with Crippen molar-refractivity contribution in [3.8, 4) is 5.75 Å². The highest BCUT2D eigenvalue weighted by Gasteiger charge is 2.03. The molecule has 0 saturated heterocycles. The Kier molecular flexibility index (Phi) is 7.01. The number of carbonyl (C=O) groups is 1. The highest BCUT2D eigenvalue weighted by atomic mass is 32.2. The molecule has 23 heavy (non-hydrogen) atoms. The van der Waals surface area contributed by atoms with Crippen LogP contribution in [0.1, 0.15) is 16.7 Å². The van der Waals surface area contributed by atoms with Crippen LogP contribution < -0.4 is 10.1 Å². The van der Waals surface area contributed by atoms with Crippen LogP contribution in [0.3, 0.4) is 0 Å². The van der Waals surface area contributed by atoms with Gasteiger partial charge in [-0.15, -0.1) is 0 Å². The van der Waals surface area contributed by atoms with Gasteiger partial charge < -0.3 is 10.1 Å². The Morgan fingerprint density at radius 1 is 1.04 bits per heavy atom. The number of hydrogen-bond acceptors (Lipinski definition) is 3. The Morgan fingerprint density at radius 3 is 2.35 bits per heavy atom. The molecule has 4 heteroatoms. The SMILES string of the molecule is COc1ccc(CC(=O)NCCSCc2ccc(C)cc2)cc1. The van der Waals surface area contributed by atoms with Crippen LogP contribution in [-0.2, 0) is 17.0 Å². The minimum absolute atomic E-state index is 0.0612. The Bertz CT molecular complexity index is 608. The second-order valence-corrected chi connectivity index (χ2v) is 6.52. The van der Waals surface area contributed by atoms with E-state index in [1.807, 2.05) is 36.0 Å². The highest BCUT2D eigenvalue weighted by Crippen LogP contribution is 2.13. The number of nitrogens with one attached hydrogen (secondary N) is 1. The van der Waals surface area contributed by atoms with Gasteiger partial charge in [0.15, 0.2) is 0 Å². The molecule has 0 aliphatic heterocycles. The number of aryl methyl sites for hydroxylation is 1. The summed E-state index contributed by atoms with van der Waals surface area (Å²) >= 11 is 1.83. The summed E-state index contributed by atoms with van der Waals surface area (Å²) in [5, 5.41) is 2.96. The third kappa shape index (κ3) is 6.37. The zero-order valence-corrected chi connectivity index (χ0v) is 14.5. The predicted octanol–water partition coefficient (Wildman–Crippen LogP) is 3.60. The van der Waals surface area contributed by atoms with Gasteiger partial charge in [-0.25, -0.2) is 0 Å². The monoisotopic (exact) mass is 329 g/mol. The topological polar surface area (TPSA) is 38.3 Å². The molecule has 0 heterocycles. The lowest BCUT2D eigenvalue weighted by atomic mass is 10.1. The summed E-state index contributed by atoms with van der Waals surface area (Å²) in [6.07, 6.45) is 0.409. The fourth-order valence-corrected chi connectivity index (χ4v) is 2.95. The molecule has 2 aromatic rings. The first kappa shape index (κ1) is 17.4. The van der Waals surface area contributed by atoms with Crippen molar-refractivity contribution >= 4 is 17.7 Å². The van der Waals surface area contributed by atoms with Crippen LogP contribution in [0.5, 0.6) is 5.75 Å². The Hall–Kier alpha value is -1.94. The van der Waals surface area contributed by atoms with Crippen molar-refractivity contribution in [2.75, 3.05) is 19.4 Å². The molecule has 122 valence electrons. The molecule has 0 bridgehead atoms. The number of amides is 1. The van der Waals surface area contributed by atoms with E-state index in [1.165, 1.54) is 11.1 Å². The highest BCUT2D eigenvalue weighted by molar-refractivity contribution is 7.98. The number of ether oxygens (including phenoxy) is 1. The van der Waals surface area contributed by atoms with Gasteiger partial charge in [0.05, 0.1) is 13.5 Å². The van der Waals surface area contributed by atoms with E-state index in [-0.39, 0.29) is 5.91 Å². The summed E-state index contributed by atoms with van der Waals surface area (Å²) in [6, 6.07) is 16.2. The predicted molar refractivity (Wildman–Crippen MR) is 97.0 cm³/mol. The molecular weight excluding hydrogens is 306 g/mol. The third-order valence-electron chi connectivity index (χ3n) is 3.48. The van der Waals surface area contributed by atoms with E-state index in [4.69, 9.17) is 4.74 Å². The van der Waals surface area contributed by atoms with Crippen LogP contribution in [0.2, 0.25) is 0 Å². The van der Waals surface area contributed by atoms with Gasteiger partial charge in [-0.2, -0.15) is 11.8 Å². The smallest absolute Gasteiger partial charge is 0.224 e. The normalized spacial score (nSPS) is 10.3. The van der Waals surface area contributed by atoms with Gasteiger partial charge in [0.2, 0.25) is 5.91 Å². The van der Waals surface area contributed by atoms with Crippen LogP contribution in [-0.4, -0.2) is 25.3 Å². The molecule has 0 fully saturated rings. The number of carbonyl (C=O) groups excluding carboxylic acids is 1. The van der Waals surface area contributed by atoms with Crippen molar-refractivity contribution in [3.05, 3.63) is 65.2 Å². The molecule has 0 aromatic heterocycles. The maximum Gasteiger partial charge on any atom is 0.224 e. The van der Waals surface area contributed by atoms with Gasteiger partial charge >= 0.3 is 0 Å². The summed E-state index contributed by atoms with van der Waals surface area (Å²) in [6.45, 7) is 2.79. The van der Waals surface area contributed by atoms with Gasteiger partial charge in [0.1, 0.15) is 5.75 Å². The van der Waals surface area contributed by atoms with Crippen LogP contribution >= 0.6 is 11.8 Å². The molecule has 0 unspecified atom stereocenters. The molecule has 1 amide bonds. The minimum atomic E-state index is 0.0612. The second-order valence-electron chi connectivity index (χ2n) is 5.41. The molecule has 3 nitrogen and oxygen atoms in total. The van der Waals surface area contributed by atoms with Crippen molar-refractivity contribution in [2.45, 2.75) is 19.1 Å². The van der Waals surface area contributed by atoms with Crippen LogP contribution in [0.15, 0.2) is 48.5 Å². The number of methoxy groups -OCH3 is 1. The Morgan fingerprint density at radius 2 is 1.70 bits per heavy atom. The summed E-state index contributed by atoms with van der Waals surface area (Å²) in [4.78, 5) is 11.9. The van der Waals surface area contributed by atoms with E-state index < -0.39 is 0 Å². The number of thioether (sulfide) groups is 1. The largest absolute Gasteiger partial charge is 0.497 e. The first-order valence-corrected chi connectivity index (χ1v) is 8.86. The van der Waals surface area contributed by atoms with Crippen molar-refractivity contribution in [1.82, 2.24) is 5.32 Å². The summed E-state index contributed by atoms with van der Waals surface area (Å²) in [7, 11) is 1.63. The summed E-state index contributed by atoms with van der Waals surface area (Å²) in [5.41, 5.74) is 3.60. The Balaban J connectivity index is 1.61. The van der Waals surface area contributed by atoms with Crippen molar-refractivity contribution in [3.63, 3.8) is 0 Å². The first-order chi connectivity index (χ1) is 11.2. The standard InChI is InChI=1S/C19H23NO2S/c1-15-3-5-17(6-4-15)14-23-12-11-20-19(21)13-16-7-9-18(22-2)10-8-16/h3-10H,11-14H2,1-2H3,(H,20,21). The van der Waals surface area contributed by atoms with E-state index >= 15 is 0 Å². The molecule has 0 atom stereocenters. The van der Waals surface area contributed by atoms with Crippen LogP contribution in [0, 0.1) is 6.92 Å². The summed E-state index contributed by atoms with van der Waals surface area (Å²) in [5.74, 6) is 2.77. The number of hydrogen-bond donors (Lipinski definition) is 1. The molecule has 0 radical (unpaired) electrons. The van der Waals surface area contributed by atoms with Gasteiger partial charge in [-0.05, 0) is 30.2 Å². The molecule has 2 aromatic carbocycles. The molecule has 2 rings (SSSR count). The first-order valence-electron chi connectivity index (χ1n) is 7.70. The molecule has 1 N–H and O–H groups in total. The lowest BCUT2D eigenvalue weighted by Gasteiger charge is -2.06. The Labute approximate surface area is 142 Å². The van der Waals surface area contributed by atoms with Gasteiger partial charge in [0.25, 0.3) is 0 Å². The van der Waals surface area contributed by atoms with E-state index in [2.05, 4.69) is 36.5 Å². The second kappa shape index (κ2) is 9.26. The van der Waals surface area contributed by atoms with E-state index in [0.29, 0.717) is 13.0 Å². The van der Waals surface area contributed by atoms with Crippen LogP contribution in [0.4, 0.5) is 0 Å². The molecule has 0 spiro atoms. The van der Waals surface area contributed by atoms with E-state index in [0.717, 1.165) is 22.8 Å². The third-order valence-corrected chi connectivity index (χ3v) is 4.51. The zero-order chi connectivity index (χ0) is 16.5. The molecule has 0 aliphatic rings. The maximum absolute atomic E-state index is 11.9. The van der Waals surface area contributed by atoms with Crippen LogP contribution in [0.25, 0.3) is 0 Å². The van der Waals surface area contributed by atoms with Gasteiger partial charge in [-0.1, -0.05) is 42.0 Å². The van der Waals surface area contributed by atoms with Crippen molar-refractivity contribution < 1.29 is 9.53 Å². The van der Waals surface area contributed by atoms with E-state index in [1.54, 1.807) is 7.11 Å². The van der Waals surface area contributed by atoms with Gasteiger partial charge in [-0.3, -0.25) is 4.79 Å². The minimum Gasteiger partial charge on any atom is -0.497 e. The van der Waals surface area contributed by atoms with E-state index in [9.17, 15) is 4.79 Å².